The second-order valence-electron chi connectivity index (χ2n) is 4.21. The minimum atomic E-state index is -0.518. The van der Waals surface area contributed by atoms with E-state index in [1.165, 1.54) is 11.3 Å². The number of rotatable bonds is 2. The molecule has 90 valence electrons. The van der Waals surface area contributed by atoms with Gasteiger partial charge in [0, 0.05) is 5.92 Å². The Labute approximate surface area is 102 Å². The molecule has 0 bridgehead atoms. The fourth-order valence-electron chi connectivity index (χ4n) is 1.67. The molecule has 0 saturated heterocycles. The summed E-state index contributed by atoms with van der Waals surface area (Å²) in [6.07, 6.45) is 0. The van der Waals surface area contributed by atoms with Crippen LogP contribution in [0.4, 0.5) is 0 Å². The van der Waals surface area contributed by atoms with Gasteiger partial charge in [-0.2, -0.15) is 0 Å². The van der Waals surface area contributed by atoms with Crippen molar-refractivity contribution in [3.05, 3.63) is 26.6 Å². The molecule has 0 aliphatic carbocycles. The summed E-state index contributed by atoms with van der Waals surface area (Å²) < 4.78 is 0. The summed E-state index contributed by atoms with van der Waals surface area (Å²) in [7, 11) is 0. The Morgan fingerprint density at radius 1 is 1.47 bits per heavy atom. The van der Waals surface area contributed by atoms with Crippen LogP contribution in [0, 0.1) is 6.92 Å². The van der Waals surface area contributed by atoms with E-state index in [1.54, 1.807) is 6.92 Å². The van der Waals surface area contributed by atoms with E-state index in [1.807, 2.05) is 13.8 Å². The molecule has 3 N–H and O–H groups in total. The van der Waals surface area contributed by atoms with Crippen molar-refractivity contribution in [2.45, 2.75) is 26.7 Å². The summed E-state index contributed by atoms with van der Waals surface area (Å²) in [6, 6.07) is 0. The van der Waals surface area contributed by atoms with E-state index >= 15 is 0 Å². The number of thiophene rings is 1. The van der Waals surface area contributed by atoms with E-state index < -0.39 is 5.91 Å². The van der Waals surface area contributed by atoms with Crippen molar-refractivity contribution in [1.29, 1.82) is 0 Å². The molecule has 2 aromatic rings. The molecule has 0 fully saturated rings. The molecule has 0 aromatic carbocycles. The van der Waals surface area contributed by atoms with E-state index in [2.05, 4.69) is 9.97 Å². The smallest absolute Gasteiger partial charge is 0.259 e. The van der Waals surface area contributed by atoms with Crippen molar-refractivity contribution in [3.63, 3.8) is 0 Å². The average Bonchev–Trinajstić information content (AvgIpc) is 2.56. The highest BCUT2D eigenvalue weighted by molar-refractivity contribution is 7.20. The number of aromatic amines is 1. The predicted molar refractivity (Wildman–Crippen MR) is 67.6 cm³/mol. The van der Waals surface area contributed by atoms with Crippen LogP contribution in [0.1, 0.15) is 40.8 Å². The van der Waals surface area contributed by atoms with Crippen LogP contribution < -0.4 is 11.3 Å². The van der Waals surface area contributed by atoms with Crippen LogP contribution in [-0.4, -0.2) is 15.9 Å². The fourth-order valence-corrected chi connectivity index (χ4v) is 2.71. The van der Waals surface area contributed by atoms with Crippen molar-refractivity contribution in [2.75, 3.05) is 0 Å². The van der Waals surface area contributed by atoms with E-state index in [0.29, 0.717) is 26.5 Å². The third-order valence-corrected chi connectivity index (χ3v) is 3.79. The summed E-state index contributed by atoms with van der Waals surface area (Å²) in [4.78, 5) is 31.2. The van der Waals surface area contributed by atoms with Crippen molar-refractivity contribution in [2.24, 2.45) is 5.73 Å². The molecule has 0 aliphatic rings. The highest BCUT2D eigenvalue weighted by Crippen LogP contribution is 2.27. The van der Waals surface area contributed by atoms with Crippen LogP contribution in [0.5, 0.6) is 0 Å². The Morgan fingerprint density at radius 2 is 2.12 bits per heavy atom. The molecule has 0 aliphatic heterocycles. The van der Waals surface area contributed by atoms with Gasteiger partial charge in [0.2, 0.25) is 0 Å². The highest BCUT2D eigenvalue weighted by Gasteiger charge is 2.17. The van der Waals surface area contributed by atoms with Crippen LogP contribution in [0.25, 0.3) is 10.2 Å². The van der Waals surface area contributed by atoms with Gasteiger partial charge in [0.15, 0.2) is 0 Å². The molecule has 6 heteroatoms. The second-order valence-corrected chi connectivity index (χ2v) is 5.21. The van der Waals surface area contributed by atoms with Crippen LogP contribution in [-0.2, 0) is 0 Å². The van der Waals surface area contributed by atoms with Gasteiger partial charge in [0.1, 0.15) is 10.7 Å². The predicted octanol–water partition coefficient (Wildman–Crippen LogP) is 1.52. The Kier molecular flexibility index (Phi) is 2.74. The van der Waals surface area contributed by atoms with E-state index in [0.717, 1.165) is 0 Å². The number of aromatic nitrogens is 2. The lowest BCUT2D eigenvalue weighted by atomic mass is 10.2. The number of carbonyl (C=O) groups is 1. The maximum atomic E-state index is 11.9. The van der Waals surface area contributed by atoms with E-state index in [4.69, 9.17) is 5.73 Å². The minimum Gasteiger partial charge on any atom is -0.365 e. The van der Waals surface area contributed by atoms with E-state index in [9.17, 15) is 9.59 Å². The summed E-state index contributed by atoms with van der Waals surface area (Å²) in [5.74, 6) is 0.238. The molecule has 0 unspecified atom stereocenters. The highest BCUT2D eigenvalue weighted by atomic mass is 32.1. The Bertz CT molecular complexity index is 655. The first-order valence-corrected chi connectivity index (χ1v) is 6.06. The number of H-pyrrole nitrogens is 1. The molecule has 2 rings (SSSR count). The van der Waals surface area contributed by atoms with Crippen molar-refractivity contribution < 1.29 is 4.79 Å². The maximum absolute atomic E-state index is 11.9. The number of nitrogens with one attached hydrogen (secondary N) is 1. The number of amides is 1. The van der Waals surface area contributed by atoms with Crippen molar-refractivity contribution in [3.8, 4) is 0 Å². The maximum Gasteiger partial charge on any atom is 0.259 e. The lowest BCUT2D eigenvalue weighted by molar-refractivity contribution is 0.100. The molecule has 0 atom stereocenters. The molecule has 2 heterocycles. The summed E-state index contributed by atoms with van der Waals surface area (Å²) >= 11 is 1.17. The second kappa shape index (κ2) is 3.96. The van der Waals surface area contributed by atoms with Crippen LogP contribution >= 0.6 is 11.3 Å². The number of aryl methyl sites for hydroxylation is 1. The lowest BCUT2D eigenvalue weighted by Crippen LogP contribution is -2.13. The van der Waals surface area contributed by atoms with Gasteiger partial charge in [-0.05, 0) is 12.5 Å². The number of hydrogen-bond donors (Lipinski definition) is 2. The van der Waals surface area contributed by atoms with Gasteiger partial charge in [-0.3, -0.25) is 9.59 Å². The average molecular weight is 251 g/mol. The Morgan fingerprint density at radius 3 is 2.65 bits per heavy atom. The van der Waals surface area contributed by atoms with Gasteiger partial charge in [-0.15, -0.1) is 11.3 Å². The van der Waals surface area contributed by atoms with Crippen molar-refractivity contribution >= 4 is 27.5 Å². The largest absolute Gasteiger partial charge is 0.365 e. The lowest BCUT2D eigenvalue weighted by Gasteiger charge is -2.02. The molecular weight excluding hydrogens is 238 g/mol. The summed E-state index contributed by atoms with van der Waals surface area (Å²) in [5.41, 5.74) is 5.66. The Balaban J connectivity index is 2.83. The third-order valence-electron chi connectivity index (χ3n) is 2.59. The molecule has 5 nitrogen and oxygen atoms in total. The van der Waals surface area contributed by atoms with Crippen LogP contribution in [0.2, 0.25) is 0 Å². The zero-order chi connectivity index (χ0) is 12.7. The molecule has 0 saturated carbocycles. The topological polar surface area (TPSA) is 88.8 Å². The first-order chi connectivity index (χ1) is 7.91. The minimum absolute atomic E-state index is 0.131. The number of nitrogens with two attached hydrogens (primary N) is 1. The molecule has 0 spiro atoms. The van der Waals surface area contributed by atoms with Crippen LogP contribution in [0.15, 0.2) is 4.79 Å². The number of nitrogens with zero attached hydrogens (tertiary/aromatic N) is 1. The summed E-state index contributed by atoms with van der Waals surface area (Å²) in [5, 5.41) is 0.466. The first kappa shape index (κ1) is 11.8. The third kappa shape index (κ3) is 1.84. The quantitative estimate of drug-likeness (QED) is 0.848. The fraction of sp³-hybridized carbons (Fsp3) is 0.364. The van der Waals surface area contributed by atoms with Gasteiger partial charge in [0.25, 0.3) is 11.5 Å². The SMILES string of the molecule is Cc1c(C(N)=O)sc2nc(C(C)C)[nH]c(=O)c12. The zero-order valence-electron chi connectivity index (χ0n) is 9.83. The van der Waals surface area contributed by atoms with Crippen molar-refractivity contribution in [1.82, 2.24) is 9.97 Å². The summed E-state index contributed by atoms with van der Waals surface area (Å²) in [6.45, 7) is 5.60. The van der Waals surface area contributed by atoms with Gasteiger partial charge < -0.3 is 10.7 Å². The number of hydrogen-bond acceptors (Lipinski definition) is 4. The first-order valence-electron chi connectivity index (χ1n) is 5.25. The number of fused-ring (bicyclic) bond motifs is 1. The normalized spacial score (nSPS) is 11.3. The molecule has 0 radical (unpaired) electrons. The van der Waals surface area contributed by atoms with E-state index in [-0.39, 0.29) is 11.5 Å². The standard InChI is InChI=1S/C11H13N3O2S/c1-4(2)9-13-10(16)6-5(3)7(8(12)15)17-11(6)14-9/h4H,1-3H3,(H2,12,15)(H,13,14,16). The number of primary amides is 1. The molecule has 1 amide bonds. The van der Waals surface area contributed by atoms with Gasteiger partial charge in [-0.1, -0.05) is 13.8 Å². The Hall–Kier alpha value is -1.69. The van der Waals surface area contributed by atoms with Gasteiger partial charge in [0.05, 0.1) is 10.3 Å². The molecule has 2 aromatic heterocycles. The monoisotopic (exact) mass is 251 g/mol. The van der Waals surface area contributed by atoms with Crippen LogP contribution in [0.3, 0.4) is 0 Å². The molecule has 17 heavy (non-hydrogen) atoms. The van der Waals surface area contributed by atoms with Gasteiger partial charge in [-0.25, -0.2) is 4.98 Å². The molecular formula is C11H13N3O2S. The van der Waals surface area contributed by atoms with Gasteiger partial charge >= 0.3 is 0 Å². The number of carbonyl (C=O) groups excluding carboxylic acids is 1. The zero-order valence-corrected chi connectivity index (χ0v) is 10.6.